The van der Waals surface area contributed by atoms with Gasteiger partial charge in [-0.05, 0) is 37.3 Å². The molecule has 0 bridgehead atoms. The van der Waals surface area contributed by atoms with Crippen molar-refractivity contribution in [2.75, 3.05) is 6.61 Å². The Morgan fingerprint density at radius 3 is 2.60 bits per heavy atom. The molecular formula is C25H35N3O2. The third-order valence-corrected chi connectivity index (χ3v) is 6.01. The van der Waals surface area contributed by atoms with E-state index in [1.165, 1.54) is 11.1 Å². The number of aryl methyl sites for hydroxylation is 3. The van der Waals surface area contributed by atoms with Crippen LogP contribution in [0.25, 0.3) is 0 Å². The number of aromatic nitrogens is 2. The number of fused-ring (bicyclic) bond motifs is 1. The number of nitrogens with zero attached hydrogens (tertiary/aromatic N) is 3. The molecule has 5 heteroatoms. The van der Waals surface area contributed by atoms with Gasteiger partial charge in [0, 0.05) is 24.2 Å². The van der Waals surface area contributed by atoms with Crippen molar-refractivity contribution in [3.63, 3.8) is 0 Å². The summed E-state index contributed by atoms with van der Waals surface area (Å²) in [6.07, 6.45) is 5.87. The van der Waals surface area contributed by atoms with E-state index in [0.29, 0.717) is 6.61 Å². The number of rotatable bonds is 9. The van der Waals surface area contributed by atoms with Crippen LogP contribution in [-0.4, -0.2) is 28.1 Å². The molecule has 0 saturated carbocycles. The standard InChI is InChI=1S/C25H35N3O2/c1-6-9-12-16-30-25(29)21-17(4)26-24-23(20(13-7-2)27-28(24)5)22(21)19-15-11-10-14-18(19)8-3/h10-11,14-15,21-22H,6-9,12-13,16H2,1-5H3. The van der Waals surface area contributed by atoms with E-state index in [9.17, 15) is 4.79 Å². The van der Waals surface area contributed by atoms with E-state index in [0.717, 1.165) is 61.3 Å². The van der Waals surface area contributed by atoms with Gasteiger partial charge in [0.05, 0.1) is 12.3 Å². The van der Waals surface area contributed by atoms with Crippen LogP contribution >= 0.6 is 0 Å². The minimum Gasteiger partial charge on any atom is -0.465 e. The van der Waals surface area contributed by atoms with Gasteiger partial charge in [-0.1, -0.05) is 64.3 Å². The molecule has 0 N–H and O–H groups in total. The summed E-state index contributed by atoms with van der Waals surface area (Å²) in [7, 11) is 1.95. The molecule has 2 unspecified atom stereocenters. The number of ether oxygens (including phenoxy) is 1. The first-order valence-corrected chi connectivity index (χ1v) is 11.4. The van der Waals surface area contributed by atoms with Gasteiger partial charge in [-0.2, -0.15) is 5.10 Å². The Labute approximate surface area is 180 Å². The highest BCUT2D eigenvalue weighted by molar-refractivity contribution is 6.05. The first-order valence-electron chi connectivity index (χ1n) is 11.4. The number of aliphatic imine (C=N–C) groups is 1. The van der Waals surface area contributed by atoms with E-state index in [1.54, 1.807) is 0 Å². The first kappa shape index (κ1) is 22.3. The molecule has 1 aliphatic heterocycles. The van der Waals surface area contributed by atoms with Crippen LogP contribution in [0.3, 0.4) is 0 Å². The summed E-state index contributed by atoms with van der Waals surface area (Å²) in [6.45, 7) is 8.90. The fourth-order valence-corrected chi connectivity index (χ4v) is 4.52. The predicted molar refractivity (Wildman–Crippen MR) is 122 cm³/mol. The average Bonchev–Trinajstić information content (AvgIpc) is 3.05. The summed E-state index contributed by atoms with van der Waals surface area (Å²) in [5.74, 6) is 0.191. The maximum Gasteiger partial charge on any atom is 0.315 e. The van der Waals surface area contributed by atoms with Crippen LogP contribution < -0.4 is 0 Å². The Kier molecular flexibility index (Phi) is 7.46. The largest absolute Gasteiger partial charge is 0.465 e. The van der Waals surface area contributed by atoms with E-state index >= 15 is 0 Å². The molecular weight excluding hydrogens is 374 g/mol. The summed E-state index contributed by atoms with van der Waals surface area (Å²) in [4.78, 5) is 18.2. The molecule has 0 saturated heterocycles. The van der Waals surface area contributed by atoms with Crippen LogP contribution in [0.15, 0.2) is 29.3 Å². The van der Waals surface area contributed by atoms with Crippen molar-refractivity contribution in [1.82, 2.24) is 9.78 Å². The minimum absolute atomic E-state index is 0.109. The molecule has 2 aromatic rings. The van der Waals surface area contributed by atoms with Crippen molar-refractivity contribution in [3.8, 4) is 0 Å². The zero-order chi connectivity index (χ0) is 21.7. The molecule has 0 radical (unpaired) electrons. The van der Waals surface area contributed by atoms with Gasteiger partial charge < -0.3 is 4.74 Å². The van der Waals surface area contributed by atoms with E-state index < -0.39 is 5.92 Å². The maximum absolute atomic E-state index is 13.3. The molecule has 5 nitrogen and oxygen atoms in total. The van der Waals surface area contributed by atoms with Gasteiger partial charge in [-0.25, -0.2) is 4.99 Å². The fourth-order valence-electron chi connectivity index (χ4n) is 4.52. The quantitative estimate of drug-likeness (QED) is 0.404. The number of hydrogen-bond acceptors (Lipinski definition) is 4. The van der Waals surface area contributed by atoms with Gasteiger partial charge in [0.25, 0.3) is 0 Å². The van der Waals surface area contributed by atoms with Crippen molar-refractivity contribution in [2.24, 2.45) is 18.0 Å². The summed E-state index contributed by atoms with van der Waals surface area (Å²) >= 11 is 0. The molecule has 1 aromatic carbocycles. The lowest BCUT2D eigenvalue weighted by Gasteiger charge is -2.31. The van der Waals surface area contributed by atoms with Crippen LogP contribution in [0, 0.1) is 5.92 Å². The molecule has 2 atom stereocenters. The Balaban J connectivity index is 2.10. The Bertz CT molecular complexity index is 913. The maximum atomic E-state index is 13.3. The third-order valence-electron chi connectivity index (χ3n) is 6.01. The van der Waals surface area contributed by atoms with Crippen LogP contribution in [0.4, 0.5) is 5.82 Å². The van der Waals surface area contributed by atoms with Crippen molar-refractivity contribution in [3.05, 3.63) is 46.6 Å². The second kappa shape index (κ2) is 10.1. The lowest BCUT2D eigenvalue weighted by molar-refractivity contribution is -0.146. The van der Waals surface area contributed by atoms with Gasteiger partial charge in [0.1, 0.15) is 5.92 Å². The van der Waals surface area contributed by atoms with E-state index in [4.69, 9.17) is 14.8 Å². The lowest BCUT2D eigenvalue weighted by Crippen LogP contribution is -2.34. The zero-order valence-electron chi connectivity index (χ0n) is 19.1. The second-order valence-corrected chi connectivity index (χ2v) is 8.19. The van der Waals surface area contributed by atoms with Crippen molar-refractivity contribution >= 4 is 17.5 Å². The average molecular weight is 410 g/mol. The fraction of sp³-hybridized carbons (Fsp3) is 0.560. The van der Waals surface area contributed by atoms with Gasteiger partial charge in [-0.15, -0.1) is 0 Å². The smallest absolute Gasteiger partial charge is 0.315 e. The predicted octanol–water partition coefficient (Wildman–Crippen LogP) is 5.52. The molecule has 2 heterocycles. The number of esters is 1. The van der Waals surface area contributed by atoms with Gasteiger partial charge >= 0.3 is 5.97 Å². The monoisotopic (exact) mass is 409 g/mol. The van der Waals surface area contributed by atoms with Crippen LogP contribution in [-0.2, 0) is 29.4 Å². The van der Waals surface area contributed by atoms with Gasteiger partial charge in [-0.3, -0.25) is 9.48 Å². The van der Waals surface area contributed by atoms with Gasteiger partial charge in [0.2, 0.25) is 0 Å². The lowest BCUT2D eigenvalue weighted by atomic mass is 9.74. The van der Waals surface area contributed by atoms with Crippen molar-refractivity contribution in [1.29, 1.82) is 0 Å². The number of carbonyl (C=O) groups excluding carboxylic acids is 1. The Hall–Kier alpha value is -2.43. The van der Waals surface area contributed by atoms with Crippen LogP contribution in [0.5, 0.6) is 0 Å². The molecule has 1 aromatic heterocycles. The van der Waals surface area contributed by atoms with E-state index in [1.807, 2.05) is 18.7 Å². The van der Waals surface area contributed by atoms with Crippen LogP contribution in [0.1, 0.15) is 81.7 Å². The Morgan fingerprint density at radius 1 is 1.13 bits per heavy atom. The molecule has 0 amide bonds. The highest BCUT2D eigenvalue weighted by Gasteiger charge is 2.42. The molecule has 0 aliphatic carbocycles. The summed E-state index contributed by atoms with van der Waals surface area (Å²) in [6, 6.07) is 8.46. The van der Waals surface area contributed by atoms with Crippen molar-refractivity contribution in [2.45, 2.75) is 72.1 Å². The number of benzene rings is 1. The molecule has 162 valence electrons. The minimum atomic E-state index is -0.411. The topological polar surface area (TPSA) is 56.5 Å². The van der Waals surface area contributed by atoms with E-state index in [-0.39, 0.29) is 11.9 Å². The van der Waals surface area contributed by atoms with E-state index in [2.05, 4.69) is 45.0 Å². The zero-order valence-corrected chi connectivity index (χ0v) is 19.1. The van der Waals surface area contributed by atoms with Crippen LogP contribution in [0.2, 0.25) is 0 Å². The number of hydrogen-bond donors (Lipinski definition) is 0. The highest BCUT2D eigenvalue weighted by atomic mass is 16.5. The molecule has 0 fully saturated rings. The SMILES string of the molecule is CCCCCOC(=O)C1C(C)=Nc2c(c(CCC)nn2C)C1c1ccccc1CC. The second-order valence-electron chi connectivity index (χ2n) is 8.19. The third kappa shape index (κ3) is 4.35. The summed E-state index contributed by atoms with van der Waals surface area (Å²) in [5, 5.41) is 4.79. The summed E-state index contributed by atoms with van der Waals surface area (Å²) < 4.78 is 7.62. The molecule has 1 aliphatic rings. The Morgan fingerprint density at radius 2 is 1.90 bits per heavy atom. The number of unbranched alkanes of at least 4 members (excludes halogenated alkanes) is 2. The first-order chi connectivity index (χ1) is 14.5. The molecule has 3 rings (SSSR count). The normalized spacial score (nSPS) is 18.1. The molecule has 30 heavy (non-hydrogen) atoms. The summed E-state index contributed by atoms with van der Waals surface area (Å²) in [5.41, 5.74) is 5.41. The van der Waals surface area contributed by atoms with Crippen molar-refractivity contribution < 1.29 is 9.53 Å². The number of carbonyl (C=O) groups is 1. The van der Waals surface area contributed by atoms with Gasteiger partial charge in [0.15, 0.2) is 5.82 Å². The highest BCUT2D eigenvalue weighted by Crippen LogP contribution is 2.45. The molecule has 0 spiro atoms.